The zero-order valence-electron chi connectivity index (χ0n) is 9.78. The summed E-state index contributed by atoms with van der Waals surface area (Å²) in [7, 11) is 0. The summed E-state index contributed by atoms with van der Waals surface area (Å²) < 4.78 is 2.00. The van der Waals surface area contributed by atoms with Crippen LogP contribution < -0.4 is 11.1 Å². The van der Waals surface area contributed by atoms with E-state index in [2.05, 4.69) is 20.5 Å². The predicted molar refractivity (Wildman–Crippen MR) is 65.9 cm³/mol. The van der Waals surface area contributed by atoms with Crippen LogP contribution in [0.15, 0.2) is 30.9 Å². The third-order valence-corrected chi connectivity index (χ3v) is 2.38. The van der Waals surface area contributed by atoms with Gasteiger partial charge in [-0.05, 0) is 18.6 Å². The lowest BCUT2D eigenvalue weighted by Crippen LogP contribution is -2.14. The molecule has 0 saturated heterocycles. The molecule has 2 rings (SSSR count). The Labute approximate surface area is 104 Å². The van der Waals surface area contributed by atoms with Crippen molar-refractivity contribution in [1.82, 2.24) is 19.7 Å². The molecule has 1 amide bonds. The number of hydrogen-bond donors (Lipinski definition) is 2. The standard InChI is InChI=1S/C11H14N6O/c12-11(18)9-2-3-10(16-15-9)14-4-1-6-17-7-5-13-8-17/h2-3,5,7-8H,1,4,6H2,(H2,12,18)(H,14,16). The Hall–Kier alpha value is -2.44. The van der Waals surface area contributed by atoms with E-state index in [1.54, 1.807) is 24.7 Å². The number of carbonyl (C=O) groups excluding carboxylic acids is 1. The molecule has 0 saturated carbocycles. The topological polar surface area (TPSA) is 98.7 Å². The Balaban J connectivity index is 1.75. The van der Waals surface area contributed by atoms with Gasteiger partial charge < -0.3 is 15.6 Å². The maximum absolute atomic E-state index is 10.8. The van der Waals surface area contributed by atoms with E-state index in [0.29, 0.717) is 5.82 Å². The summed E-state index contributed by atoms with van der Waals surface area (Å²) in [6.45, 7) is 1.66. The van der Waals surface area contributed by atoms with E-state index >= 15 is 0 Å². The third kappa shape index (κ3) is 3.27. The van der Waals surface area contributed by atoms with Crippen LogP contribution in [0, 0.1) is 0 Å². The highest BCUT2D eigenvalue weighted by Crippen LogP contribution is 2.01. The number of imidazole rings is 1. The molecule has 0 aromatic carbocycles. The lowest BCUT2D eigenvalue weighted by molar-refractivity contribution is 0.0994. The number of nitrogens with zero attached hydrogens (tertiary/aromatic N) is 4. The average molecular weight is 246 g/mol. The summed E-state index contributed by atoms with van der Waals surface area (Å²) >= 11 is 0. The number of carbonyl (C=O) groups is 1. The minimum absolute atomic E-state index is 0.166. The van der Waals surface area contributed by atoms with Gasteiger partial charge in [0.2, 0.25) is 0 Å². The average Bonchev–Trinajstić information content (AvgIpc) is 2.88. The highest BCUT2D eigenvalue weighted by Gasteiger charge is 2.02. The van der Waals surface area contributed by atoms with Crippen LogP contribution in [0.3, 0.4) is 0 Å². The Morgan fingerprint density at radius 1 is 1.39 bits per heavy atom. The van der Waals surface area contributed by atoms with Crippen LogP contribution in [0.2, 0.25) is 0 Å². The van der Waals surface area contributed by atoms with Gasteiger partial charge in [-0.15, -0.1) is 10.2 Å². The number of amides is 1. The Kier molecular flexibility index (Phi) is 3.85. The highest BCUT2D eigenvalue weighted by molar-refractivity contribution is 5.90. The summed E-state index contributed by atoms with van der Waals surface area (Å²) in [5.41, 5.74) is 5.23. The third-order valence-electron chi connectivity index (χ3n) is 2.38. The SMILES string of the molecule is NC(=O)c1ccc(NCCCn2ccnc2)nn1. The van der Waals surface area contributed by atoms with Gasteiger partial charge in [0.1, 0.15) is 5.82 Å². The van der Waals surface area contributed by atoms with Crippen LogP contribution >= 0.6 is 0 Å². The van der Waals surface area contributed by atoms with Gasteiger partial charge in [-0.3, -0.25) is 4.79 Å². The first kappa shape index (κ1) is 12.0. The first-order valence-corrected chi connectivity index (χ1v) is 5.59. The van der Waals surface area contributed by atoms with Crippen molar-refractivity contribution in [3.05, 3.63) is 36.5 Å². The lowest BCUT2D eigenvalue weighted by Gasteiger charge is -2.05. The van der Waals surface area contributed by atoms with E-state index < -0.39 is 5.91 Å². The largest absolute Gasteiger partial charge is 0.369 e. The van der Waals surface area contributed by atoms with E-state index in [0.717, 1.165) is 19.5 Å². The number of rotatable bonds is 6. The van der Waals surface area contributed by atoms with Crippen molar-refractivity contribution in [2.24, 2.45) is 5.73 Å². The minimum atomic E-state index is -0.575. The minimum Gasteiger partial charge on any atom is -0.369 e. The Morgan fingerprint density at radius 2 is 2.28 bits per heavy atom. The molecule has 0 unspecified atom stereocenters. The molecule has 7 nitrogen and oxygen atoms in total. The van der Waals surface area contributed by atoms with Gasteiger partial charge >= 0.3 is 0 Å². The van der Waals surface area contributed by atoms with Crippen LogP contribution in [-0.2, 0) is 6.54 Å². The van der Waals surface area contributed by atoms with Crippen LogP contribution in [-0.4, -0.2) is 32.2 Å². The van der Waals surface area contributed by atoms with E-state index in [1.165, 1.54) is 0 Å². The predicted octanol–water partition coefficient (Wildman–Crippen LogP) is 0.274. The molecule has 0 fully saturated rings. The fraction of sp³-hybridized carbons (Fsp3) is 0.273. The molecule has 3 N–H and O–H groups in total. The van der Waals surface area contributed by atoms with Crippen LogP contribution in [0.4, 0.5) is 5.82 Å². The Bertz CT molecular complexity index is 493. The normalized spacial score (nSPS) is 10.2. The van der Waals surface area contributed by atoms with Gasteiger partial charge in [0.25, 0.3) is 5.91 Å². The molecule has 0 radical (unpaired) electrons. The molecule has 0 bridgehead atoms. The Morgan fingerprint density at radius 3 is 2.89 bits per heavy atom. The molecule has 0 atom stereocenters. The van der Waals surface area contributed by atoms with Crippen molar-refractivity contribution in [3.8, 4) is 0 Å². The van der Waals surface area contributed by atoms with Gasteiger partial charge in [0, 0.05) is 25.5 Å². The molecule has 2 aromatic rings. The van der Waals surface area contributed by atoms with Crippen molar-refractivity contribution in [1.29, 1.82) is 0 Å². The fourth-order valence-corrected chi connectivity index (χ4v) is 1.46. The molecule has 7 heteroatoms. The fourth-order valence-electron chi connectivity index (χ4n) is 1.46. The second kappa shape index (κ2) is 5.76. The molecule has 0 aliphatic heterocycles. The molecular weight excluding hydrogens is 232 g/mol. The molecule has 0 spiro atoms. The number of anilines is 1. The van der Waals surface area contributed by atoms with Crippen molar-refractivity contribution < 1.29 is 4.79 Å². The van der Waals surface area contributed by atoms with Crippen LogP contribution in [0.25, 0.3) is 0 Å². The molecule has 2 aromatic heterocycles. The van der Waals surface area contributed by atoms with Gasteiger partial charge in [0.15, 0.2) is 5.69 Å². The lowest BCUT2D eigenvalue weighted by atomic mass is 10.3. The van der Waals surface area contributed by atoms with Crippen LogP contribution in [0.1, 0.15) is 16.9 Å². The summed E-state index contributed by atoms with van der Waals surface area (Å²) in [6.07, 6.45) is 6.39. The second-order valence-electron chi connectivity index (χ2n) is 3.75. The first-order valence-electron chi connectivity index (χ1n) is 5.59. The number of hydrogen-bond acceptors (Lipinski definition) is 5. The van der Waals surface area contributed by atoms with Crippen molar-refractivity contribution in [2.75, 3.05) is 11.9 Å². The summed E-state index contributed by atoms with van der Waals surface area (Å²) in [5, 5.41) is 10.7. The zero-order chi connectivity index (χ0) is 12.8. The van der Waals surface area contributed by atoms with Gasteiger partial charge in [-0.1, -0.05) is 0 Å². The smallest absolute Gasteiger partial charge is 0.269 e. The number of aryl methyl sites for hydroxylation is 1. The van der Waals surface area contributed by atoms with E-state index in [4.69, 9.17) is 5.73 Å². The van der Waals surface area contributed by atoms with E-state index in [-0.39, 0.29) is 5.69 Å². The number of primary amides is 1. The molecule has 0 aliphatic rings. The molecule has 94 valence electrons. The van der Waals surface area contributed by atoms with Gasteiger partial charge in [-0.2, -0.15) is 0 Å². The maximum Gasteiger partial charge on any atom is 0.269 e. The molecule has 2 heterocycles. The number of nitrogens with two attached hydrogens (primary N) is 1. The number of nitrogens with one attached hydrogen (secondary N) is 1. The van der Waals surface area contributed by atoms with Gasteiger partial charge in [0.05, 0.1) is 6.33 Å². The van der Waals surface area contributed by atoms with E-state index in [1.807, 2.05) is 10.8 Å². The molecular formula is C11H14N6O. The summed E-state index contributed by atoms with van der Waals surface area (Å²) in [5.74, 6) is 0.0554. The maximum atomic E-state index is 10.8. The highest BCUT2D eigenvalue weighted by atomic mass is 16.1. The molecule has 18 heavy (non-hydrogen) atoms. The first-order chi connectivity index (χ1) is 8.75. The number of aromatic nitrogens is 4. The summed E-state index contributed by atoms with van der Waals surface area (Å²) in [4.78, 5) is 14.8. The second-order valence-corrected chi connectivity index (χ2v) is 3.75. The molecule has 0 aliphatic carbocycles. The van der Waals surface area contributed by atoms with Crippen molar-refractivity contribution >= 4 is 11.7 Å². The van der Waals surface area contributed by atoms with Crippen LogP contribution in [0.5, 0.6) is 0 Å². The van der Waals surface area contributed by atoms with E-state index in [9.17, 15) is 4.79 Å². The van der Waals surface area contributed by atoms with Crippen molar-refractivity contribution in [3.63, 3.8) is 0 Å². The monoisotopic (exact) mass is 246 g/mol. The van der Waals surface area contributed by atoms with Gasteiger partial charge in [-0.25, -0.2) is 4.98 Å². The zero-order valence-corrected chi connectivity index (χ0v) is 9.78. The summed E-state index contributed by atoms with van der Waals surface area (Å²) in [6, 6.07) is 3.23. The quantitative estimate of drug-likeness (QED) is 0.713. The van der Waals surface area contributed by atoms with Crippen molar-refractivity contribution in [2.45, 2.75) is 13.0 Å².